The first-order chi connectivity index (χ1) is 6.92. The van der Waals surface area contributed by atoms with Gasteiger partial charge in [-0.1, -0.05) is 24.3 Å². The molecule has 1 aliphatic heterocycles. The third-order valence-electron chi connectivity index (χ3n) is 2.45. The van der Waals surface area contributed by atoms with Gasteiger partial charge in [0.15, 0.2) is 0 Å². The van der Waals surface area contributed by atoms with Crippen LogP contribution in [0, 0.1) is 0 Å². The lowest BCUT2D eigenvalue weighted by Gasteiger charge is -2.16. The third kappa shape index (κ3) is 1.85. The fourth-order valence-corrected chi connectivity index (χ4v) is 1.74. The lowest BCUT2D eigenvalue weighted by molar-refractivity contribution is 0.187. The van der Waals surface area contributed by atoms with Crippen LogP contribution < -0.4 is 0 Å². The summed E-state index contributed by atoms with van der Waals surface area (Å²) in [6, 6.07) is 8.45. The highest BCUT2D eigenvalue weighted by Crippen LogP contribution is 2.15. The zero-order valence-corrected chi connectivity index (χ0v) is 8.49. The average molecular weight is 189 g/mol. The van der Waals surface area contributed by atoms with Gasteiger partial charge in [-0.05, 0) is 18.9 Å². The summed E-state index contributed by atoms with van der Waals surface area (Å²) in [6.45, 7) is 4.31. The molecule has 1 aromatic carbocycles. The number of ether oxygens (including phenoxy) is 1. The van der Waals surface area contributed by atoms with Crippen molar-refractivity contribution in [3.05, 3.63) is 35.4 Å². The minimum atomic E-state index is 0.646. The number of hydrogen-bond donors (Lipinski definition) is 0. The predicted molar refractivity (Wildman–Crippen MR) is 58.0 cm³/mol. The summed E-state index contributed by atoms with van der Waals surface area (Å²) < 4.78 is 5.40. The van der Waals surface area contributed by atoms with E-state index < -0.39 is 0 Å². The molecule has 0 saturated carbocycles. The van der Waals surface area contributed by atoms with Crippen molar-refractivity contribution in [2.24, 2.45) is 4.99 Å². The highest BCUT2D eigenvalue weighted by atomic mass is 16.5. The summed E-state index contributed by atoms with van der Waals surface area (Å²) in [4.78, 5) is 4.50. The Bertz CT molecular complexity index is 344. The number of hydrogen-bond acceptors (Lipinski definition) is 2. The van der Waals surface area contributed by atoms with E-state index in [2.05, 4.69) is 29.3 Å². The van der Waals surface area contributed by atoms with Gasteiger partial charge in [-0.2, -0.15) is 0 Å². The first-order valence-electron chi connectivity index (χ1n) is 5.11. The summed E-state index contributed by atoms with van der Waals surface area (Å²) in [7, 11) is 0. The molecule has 0 spiro atoms. The van der Waals surface area contributed by atoms with Crippen LogP contribution in [-0.4, -0.2) is 25.5 Å². The van der Waals surface area contributed by atoms with Gasteiger partial charge >= 0.3 is 0 Å². The second kappa shape index (κ2) is 4.38. The topological polar surface area (TPSA) is 21.6 Å². The minimum Gasteiger partial charge on any atom is -0.375 e. The number of rotatable bonds is 3. The van der Waals surface area contributed by atoms with Crippen LogP contribution in [0.25, 0.3) is 0 Å². The van der Waals surface area contributed by atoms with E-state index >= 15 is 0 Å². The molecule has 0 amide bonds. The van der Waals surface area contributed by atoms with Crippen molar-refractivity contribution in [2.45, 2.75) is 13.3 Å². The largest absolute Gasteiger partial charge is 0.375 e. The van der Waals surface area contributed by atoms with Crippen molar-refractivity contribution in [1.82, 2.24) is 0 Å². The fraction of sp³-hybridized carbons (Fsp3) is 0.417. The van der Waals surface area contributed by atoms with Crippen molar-refractivity contribution in [2.75, 3.05) is 19.8 Å². The van der Waals surface area contributed by atoms with Crippen LogP contribution in [0.2, 0.25) is 0 Å². The van der Waals surface area contributed by atoms with Gasteiger partial charge in [0.05, 0.1) is 12.3 Å². The highest BCUT2D eigenvalue weighted by molar-refractivity contribution is 6.03. The standard InChI is InChI=1S/C12H15NO/c1-2-14-9-12-11-6-4-3-5-10(11)7-8-13-12/h3-6H,2,7-9H2,1H3. The maximum absolute atomic E-state index is 5.40. The van der Waals surface area contributed by atoms with Gasteiger partial charge in [0, 0.05) is 18.7 Å². The summed E-state index contributed by atoms with van der Waals surface area (Å²) >= 11 is 0. The molecule has 1 heterocycles. The normalized spacial score (nSPS) is 14.8. The Morgan fingerprint density at radius 1 is 1.36 bits per heavy atom. The van der Waals surface area contributed by atoms with Gasteiger partial charge < -0.3 is 4.74 Å². The third-order valence-corrected chi connectivity index (χ3v) is 2.45. The lowest BCUT2D eigenvalue weighted by Crippen LogP contribution is -2.18. The second-order valence-electron chi connectivity index (χ2n) is 3.37. The molecule has 0 bridgehead atoms. The van der Waals surface area contributed by atoms with E-state index in [1.54, 1.807) is 0 Å². The average Bonchev–Trinajstić information content (AvgIpc) is 2.26. The summed E-state index contributed by atoms with van der Waals surface area (Å²) in [5.41, 5.74) is 3.78. The number of fused-ring (bicyclic) bond motifs is 1. The van der Waals surface area contributed by atoms with Crippen molar-refractivity contribution in [3.8, 4) is 0 Å². The number of nitrogens with zero attached hydrogens (tertiary/aromatic N) is 1. The molecule has 14 heavy (non-hydrogen) atoms. The van der Waals surface area contributed by atoms with Gasteiger partial charge in [-0.3, -0.25) is 4.99 Å². The maximum Gasteiger partial charge on any atom is 0.0889 e. The minimum absolute atomic E-state index is 0.646. The van der Waals surface area contributed by atoms with Gasteiger partial charge in [-0.25, -0.2) is 0 Å². The molecule has 2 nitrogen and oxygen atoms in total. The number of benzene rings is 1. The summed E-state index contributed by atoms with van der Waals surface area (Å²) in [5, 5.41) is 0. The monoisotopic (exact) mass is 189 g/mol. The zero-order valence-electron chi connectivity index (χ0n) is 8.49. The molecular weight excluding hydrogens is 174 g/mol. The predicted octanol–water partition coefficient (Wildman–Crippen LogP) is 2.07. The van der Waals surface area contributed by atoms with Crippen LogP contribution in [0.4, 0.5) is 0 Å². The molecule has 0 unspecified atom stereocenters. The van der Waals surface area contributed by atoms with Crippen molar-refractivity contribution in [3.63, 3.8) is 0 Å². The Morgan fingerprint density at radius 3 is 3.07 bits per heavy atom. The van der Waals surface area contributed by atoms with E-state index in [1.807, 2.05) is 6.92 Å². The van der Waals surface area contributed by atoms with Crippen LogP contribution in [0.1, 0.15) is 18.1 Å². The molecule has 1 aliphatic rings. The van der Waals surface area contributed by atoms with Crippen molar-refractivity contribution >= 4 is 5.71 Å². The van der Waals surface area contributed by atoms with Gasteiger partial charge in [-0.15, -0.1) is 0 Å². The van der Waals surface area contributed by atoms with E-state index in [1.165, 1.54) is 11.1 Å². The smallest absolute Gasteiger partial charge is 0.0889 e. The van der Waals surface area contributed by atoms with Gasteiger partial charge in [0.2, 0.25) is 0 Å². The highest BCUT2D eigenvalue weighted by Gasteiger charge is 2.12. The Balaban J connectivity index is 2.22. The molecule has 0 saturated heterocycles. The van der Waals surface area contributed by atoms with E-state index in [-0.39, 0.29) is 0 Å². The number of aliphatic imine (C=N–C) groups is 1. The van der Waals surface area contributed by atoms with Crippen LogP contribution >= 0.6 is 0 Å². The van der Waals surface area contributed by atoms with Crippen molar-refractivity contribution in [1.29, 1.82) is 0 Å². The van der Waals surface area contributed by atoms with Crippen LogP contribution in [0.3, 0.4) is 0 Å². The molecule has 0 radical (unpaired) electrons. The van der Waals surface area contributed by atoms with Crippen LogP contribution in [0.5, 0.6) is 0 Å². The SMILES string of the molecule is CCOCC1=NCCc2ccccc21. The summed E-state index contributed by atoms with van der Waals surface area (Å²) in [6.07, 6.45) is 1.06. The van der Waals surface area contributed by atoms with Crippen LogP contribution in [-0.2, 0) is 11.2 Å². The molecule has 0 N–H and O–H groups in total. The lowest BCUT2D eigenvalue weighted by atomic mass is 9.98. The van der Waals surface area contributed by atoms with Crippen molar-refractivity contribution < 1.29 is 4.74 Å². The van der Waals surface area contributed by atoms with E-state index in [0.717, 1.165) is 25.3 Å². The molecule has 74 valence electrons. The maximum atomic E-state index is 5.40. The first-order valence-corrected chi connectivity index (χ1v) is 5.11. The molecule has 0 atom stereocenters. The molecule has 0 aromatic heterocycles. The van der Waals surface area contributed by atoms with E-state index in [0.29, 0.717) is 6.61 Å². The van der Waals surface area contributed by atoms with Gasteiger partial charge in [0.1, 0.15) is 0 Å². The first kappa shape index (κ1) is 9.41. The molecule has 0 aliphatic carbocycles. The summed E-state index contributed by atoms with van der Waals surface area (Å²) in [5.74, 6) is 0. The second-order valence-corrected chi connectivity index (χ2v) is 3.37. The molecule has 0 fully saturated rings. The Hall–Kier alpha value is -1.15. The Morgan fingerprint density at radius 2 is 2.21 bits per heavy atom. The fourth-order valence-electron chi connectivity index (χ4n) is 1.74. The molecule has 2 rings (SSSR count). The zero-order chi connectivity index (χ0) is 9.80. The Kier molecular flexibility index (Phi) is 2.94. The van der Waals surface area contributed by atoms with Crippen LogP contribution in [0.15, 0.2) is 29.3 Å². The van der Waals surface area contributed by atoms with E-state index in [4.69, 9.17) is 4.74 Å². The molecule has 2 heteroatoms. The van der Waals surface area contributed by atoms with E-state index in [9.17, 15) is 0 Å². The molecular formula is C12H15NO. The molecule has 1 aromatic rings. The quantitative estimate of drug-likeness (QED) is 0.713. The van der Waals surface area contributed by atoms with Gasteiger partial charge in [0.25, 0.3) is 0 Å². The Labute approximate surface area is 84.6 Å².